The lowest BCUT2D eigenvalue weighted by Crippen LogP contribution is -2.34. The Hall–Kier alpha value is -2.23. The Morgan fingerprint density at radius 2 is 2.21 bits per heavy atom. The molecule has 1 aliphatic rings. The Bertz CT molecular complexity index is 627. The van der Waals surface area contributed by atoms with Crippen LogP contribution in [-0.2, 0) is 14.3 Å². The van der Waals surface area contributed by atoms with Crippen molar-refractivity contribution >= 4 is 18.1 Å². The fraction of sp³-hybridized carbons (Fsp3) is 0.533. The molecule has 9 nitrogen and oxygen atoms in total. The van der Waals surface area contributed by atoms with E-state index in [1.165, 1.54) is 0 Å². The highest BCUT2D eigenvalue weighted by Crippen LogP contribution is 2.33. The lowest BCUT2D eigenvalue weighted by molar-refractivity contribution is -0.152. The van der Waals surface area contributed by atoms with Crippen molar-refractivity contribution in [2.75, 3.05) is 6.61 Å². The van der Waals surface area contributed by atoms with Crippen LogP contribution < -0.4 is 5.73 Å². The Morgan fingerprint density at radius 3 is 2.83 bits per heavy atom. The lowest BCUT2D eigenvalue weighted by atomic mass is 10.1. The van der Waals surface area contributed by atoms with Gasteiger partial charge in [0.05, 0.1) is 11.6 Å². The number of hydrogen-bond donors (Lipinski definition) is 5. The largest absolute Gasteiger partial charge is 0.463 e. The molecule has 24 heavy (non-hydrogen) atoms. The van der Waals surface area contributed by atoms with Crippen molar-refractivity contribution in [2.45, 2.75) is 38.3 Å². The molecule has 0 amide bonds. The second kappa shape index (κ2) is 7.56. The van der Waals surface area contributed by atoms with Gasteiger partial charge in [0, 0.05) is 5.69 Å². The summed E-state index contributed by atoms with van der Waals surface area (Å²) in [7, 11) is 0. The predicted octanol–water partition coefficient (Wildman–Crippen LogP) is -0.312. The van der Waals surface area contributed by atoms with Crippen LogP contribution in [0.1, 0.15) is 31.3 Å². The smallest absolute Gasteiger partial charge is 0.308 e. The molecule has 0 aliphatic carbocycles. The highest BCUT2D eigenvalue weighted by molar-refractivity contribution is 5.99. The fourth-order valence-corrected chi connectivity index (χ4v) is 2.34. The minimum Gasteiger partial charge on any atom is -0.463 e. The molecule has 132 valence electrons. The number of H-pyrrole nitrogens is 1. The molecule has 1 fully saturated rings. The van der Waals surface area contributed by atoms with Gasteiger partial charge in [0.15, 0.2) is 0 Å². The molecule has 1 saturated heterocycles. The molecule has 6 N–H and O–H groups in total. The van der Waals surface area contributed by atoms with Crippen LogP contribution in [0.5, 0.6) is 0 Å². The van der Waals surface area contributed by atoms with Crippen LogP contribution in [0.2, 0.25) is 0 Å². The number of nitrogens with one attached hydrogen (secondary N) is 2. The van der Waals surface area contributed by atoms with E-state index >= 15 is 0 Å². The van der Waals surface area contributed by atoms with Crippen molar-refractivity contribution in [3.05, 3.63) is 23.5 Å². The average Bonchev–Trinajstić information content (AvgIpc) is 3.12. The average molecular weight is 338 g/mol. The summed E-state index contributed by atoms with van der Waals surface area (Å²) in [6.45, 7) is 3.26. The molecule has 2 heterocycles. The number of hydrogen-bond acceptors (Lipinski definition) is 6. The maximum absolute atomic E-state index is 11.5. The van der Waals surface area contributed by atoms with E-state index < -0.39 is 30.4 Å². The Morgan fingerprint density at radius 1 is 1.50 bits per heavy atom. The molecular formula is C15H22N4O5. The Kier molecular flexibility index (Phi) is 5.71. The van der Waals surface area contributed by atoms with Crippen molar-refractivity contribution in [1.82, 2.24) is 4.98 Å². The molecule has 1 aromatic rings. The number of aromatic amines is 1. The topological polar surface area (TPSA) is 154 Å². The molecule has 0 spiro atoms. The zero-order valence-corrected chi connectivity index (χ0v) is 13.5. The molecule has 1 aliphatic heterocycles. The summed E-state index contributed by atoms with van der Waals surface area (Å²) >= 11 is 0. The molecule has 0 unspecified atom stereocenters. The molecule has 0 radical (unpaired) electrons. The molecule has 1 aromatic heterocycles. The maximum Gasteiger partial charge on any atom is 0.308 e. The van der Waals surface area contributed by atoms with Gasteiger partial charge in [-0.1, -0.05) is 13.8 Å². The van der Waals surface area contributed by atoms with Gasteiger partial charge in [-0.05, 0) is 12.1 Å². The number of rotatable bonds is 6. The van der Waals surface area contributed by atoms with E-state index in [0.29, 0.717) is 11.4 Å². The summed E-state index contributed by atoms with van der Waals surface area (Å²) in [4.78, 5) is 18.1. The first kappa shape index (κ1) is 18.1. The van der Waals surface area contributed by atoms with Crippen LogP contribution in [-0.4, -0.2) is 58.3 Å². The standard InChI is InChI=1S/C15H22N4O5/c1-7(2)15(22)23-5-10-11(20)12(21)13(24-10)8-3-4-9(19-8)14(17)18-6-16/h3-4,6-7,10-13,19-21H,5H2,1-2H3,(H3,16,17,18)/t10-,11-,12-,13+/m1/s1. The van der Waals surface area contributed by atoms with E-state index in [4.69, 9.17) is 20.6 Å². The number of ether oxygens (including phenoxy) is 2. The molecule has 0 bridgehead atoms. The van der Waals surface area contributed by atoms with Gasteiger partial charge in [0.1, 0.15) is 43.2 Å². The van der Waals surface area contributed by atoms with Crippen molar-refractivity contribution in [3.8, 4) is 0 Å². The number of aromatic nitrogens is 1. The van der Waals surface area contributed by atoms with Gasteiger partial charge in [-0.25, -0.2) is 4.99 Å². The van der Waals surface area contributed by atoms with Gasteiger partial charge < -0.3 is 30.4 Å². The summed E-state index contributed by atoms with van der Waals surface area (Å²) in [6.07, 6.45) is -3.19. The van der Waals surface area contributed by atoms with Gasteiger partial charge in [0.2, 0.25) is 0 Å². The van der Waals surface area contributed by atoms with E-state index in [0.717, 1.165) is 6.34 Å². The van der Waals surface area contributed by atoms with Crippen molar-refractivity contribution in [1.29, 1.82) is 5.41 Å². The van der Waals surface area contributed by atoms with Crippen LogP contribution in [0.4, 0.5) is 0 Å². The molecular weight excluding hydrogens is 316 g/mol. The molecule has 0 aromatic carbocycles. The van der Waals surface area contributed by atoms with E-state index in [-0.39, 0.29) is 18.4 Å². The highest BCUT2D eigenvalue weighted by atomic mass is 16.6. The van der Waals surface area contributed by atoms with Gasteiger partial charge >= 0.3 is 5.97 Å². The van der Waals surface area contributed by atoms with E-state index in [2.05, 4.69) is 9.98 Å². The summed E-state index contributed by atoms with van der Waals surface area (Å²) in [5, 5.41) is 27.2. The summed E-state index contributed by atoms with van der Waals surface area (Å²) in [6, 6.07) is 3.27. The van der Waals surface area contributed by atoms with E-state index in [1.807, 2.05) is 0 Å². The first-order valence-electron chi connectivity index (χ1n) is 7.54. The normalized spacial score (nSPS) is 27.5. The Balaban J connectivity index is 2.06. The highest BCUT2D eigenvalue weighted by Gasteiger charge is 2.44. The number of amidine groups is 1. The lowest BCUT2D eigenvalue weighted by Gasteiger charge is -2.15. The van der Waals surface area contributed by atoms with Crippen molar-refractivity contribution < 1.29 is 24.5 Å². The molecule has 2 rings (SSSR count). The van der Waals surface area contributed by atoms with Crippen LogP contribution in [0.3, 0.4) is 0 Å². The van der Waals surface area contributed by atoms with E-state index in [1.54, 1.807) is 26.0 Å². The number of carbonyl (C=O) groups is 1. The number of nitrogens with two attached hydrogens (primary N) is 1. The number of esters is 1. The first-order chi connectivity index (χ1) is 11.3. The number of aliphatic imine (C=N–C) groups is 1. The van der Waals surface area contributed by atoms with Crippen LogP contribution in [0, 0.1) is 11.3 Å². The van der Waals surface area contributed by atoms with Gasteiger partial charge in [-0.2, -0.15) is 0 Å². The Labute approximate surface area is 139 Å². The second-order valence-electron chi connectivity index (χ2n) is 5.83. The SMILES string of the molecule is CC(C)C(=O)OC[C@H]1O[C@@H](c2ccc(C(N)=NC=N)[nH]2)[C@H](O)[C@@H]1O. The van der Waals surface area contributed by atoms with Crippen LogP contribution in [0.15, 0.2) is 17.1 Å². The van der Waals surface area contributed by atoms with Crippen LogP contribution in [0.25, 0.3) is 0 Å². The molecule has 0 saturated carbocycles. The first-order valence-corrected chi connectivity index (χ1v) is 7.54. The van der Waals surface area contributed by atoms with Crippen molar-refractivity contribution in [2.24, 2.45) is 16.6 Å². The third-order valence-corrected chi connectivity index (χ3v) is 3.72. The zero-order chi connectivity index (χ0) is 17.9. The predicted molar refractivity (Wildman–Crippen MR) is 85.7 cm³/mol. The summed E-state index contributed by atoms with van der Waals surface area (Å²) in [5.41, 5.74) is 6.64. The molecule has 9 heteroatoms. The third-order valence-electron chi connectivity index (χ3n) is 3.72. The van der Waals surface area contributed by atoms with Gasteiger partial charge in [0.25, 0.3) is 0 Å². The van der Waals surface area contributed by atoms with Gasteiger partial charge in [-0.3, -0.25) is 10.2 Å². The van der Waals surface area contributed by atoms with Crippen molar-refractivity contribution in [3.63, 3.8) is 0 Å². The molecule has 4 atom stereocenters. The number of aliphatic hydroxyl groups excluding tert-OH is 2. The number of aliphatic hydroxyl groups is 2. The quantitative estimate of drug-likeness (QED) is 0.272. The maximum atomic E-state index is 11.5. The van der Waals surface area contributed by atoms with Crippen LogP contribution >= 0.6 is 0 Å². The monoisotopic (exact) mass is 338 g/mol. The van der Waals surface area contributed by atoms with Gasteiger partial charge in [-0.15, -0.1) is 0 Å². The summed E-state index contributed by atoms with van der Waals surface area (Å²) in [5.74, 6) is -0.570. The fourth-order valence-electron chi connectivity index (χ4n) is 2.34. The summed E-state index contributed by atoms with van der Waals surface area (Å²) < 4.78 is 10.7. The van der Waals surface area contributed by atoms with E-state index in [9.17, 15) is 15.0 Å². The third kappa shape index (κ3) is 3.81. The number of carbonyl (C=O) groups excluding carboxylic acids is 1. The minimum absolute atomic E-state index is 0.117. The minimum atomic E-state index is -1.19. The zero-order valence-electron chi connectivity index (χ0n) is 13.5. The number of nitrogens with zero attached hydrogens (tertiary/aromatic N) is 1. The second-order valence-corrected chi connectivity index (χ2v) is 5.83.